The van der Waals surface area contributed by atoms with Gasteiger partial charge in [-0.2, -0.15) is 13.2 Å². The summed E-state index contributed by atoms with van der Waals surface area (Å²) in [5, 5.41) is 5.47. The fraction of sp³-hybridized carbons (Fsp3) is 0.730. The maximum atomic E-state index is 15.3. The Morgan fingerprint density at radius 3 is 2.42 bits per heavy atom. The fourth-order valence-corrected chi connectivity index (χ4v) is 16.0. The highest BCUT2D eigenvalue weighted by atomic mass is 19.4. The molecule has 458 valence electrons. The minimum absolute atomic E-state index is 0.0107. The lowest BCUT2D eigenvalue weighted by Gasteiger charge is -2.39. The van der Waals surface area contributed by atoms with Crippen molar-refractivity contribution in [3.8, 4) is 11.3 Å². The number of likely N-dealkylation sites (tertiary alicyclic amines) is 2. The van der Waals surface area contributed by atoms with E-state index in [9.17, 15) is 9.59 Å². The molecule has 2 N–H and O–H groups in total. The Bertz CT molecular complexity index is 2970. The molecule has 3 saturated carbocycles. The van der Waals surface area contributed by atoms with Crippen LogP contribution >= 0.6 is 0 Å². The van der Waals surface area contributed by atoms with E-state index in [-0.39, 0.29) is 54.5 Å². The van der Waals surface area contributed by atoms with E-state index in [0.29, 0.717) is 104 Å². The summed E-state index contributed by atoms with van der Waals surface area (Å²) < 4.78 is 65.9. The largest absolute Gasteiger partial charge is 0.464 e. The average Bonchev–Trinajstić information content (AvgIpc) is 1.82. The highest BCUT2D eigenvalue weighted by Crippen LogP contribution is 2.49. The molecule has 6 saturated heterocycles. The number of cyclic esters (lactones) is 1. The van der Waals surface area contributed by atoms with Gasteiger partial charge in [-0.15, -0.1) is 0 Å². The molecule has 13 rings (SSSR count). The van der Waals surface area contributed by atoms with Crippen LogP contribution in [0.15, 0.2) is 30.5 Å². The number of esters is 1. The van der Waals surface area contributed by atoms with Crippen molar-refractivity contribution in [2.24, 2.45) is 22.7 Å². The smallest absolute Gasteiger partial charge is 0.406 e. The number of amides is 3. The van der Waals surface area contributed by atoms with Crippen LogP contribution in [0.2, 0.25) is 0 Å². The molecule has 9 unspecified atom stereocenters. The zero-order valence-corrected chi connectivity index (χ0v) is 50.0. The molecule has 9 fully saturated rings. The molecule has 10 aliphatic rings. The maximum Gasteiger partial charge on any atom is 0.406 e. The Kier molecular flexibility index (Phi) is 15.8. The number of rotatable bonds is 12. The number of morpholine rings is 1. The van der Waals surface area contributed by atoms with Gasteiger partial charge in [0, 0.05) is 124 Å². The van der Waals surface area contributed by atoms with Crippen LogP contribution in [-0.4, -0.2) is 206 Å². The number of benzene rings is 1. The zero-order valence-electron chi connectivity index (χ0n) is 50.0. The van der Waals surface area contributed by atoms with Crippen LogP contribution in [0.4, 0.5) is 24.5 Å². The summed E-state index contributed by atoms with van der Waals surface area (Å²) in [5.41, 5.74) is 6.57. The summed E-state index contributed by atoms with van der Waals surface area (Å²) in [5.74, 6) is -0.0581. The van der Waals surface area contributed by atoms with E-state index < -0.39 is 54.4 Å². The number of carbonyl (C=O) groups is 4. The molecule has 6 bridgehead atoms. The normalized spacial score (nSPS) is 31.0. The third-order valence-corrected chi connectivity index (χ3v) is 21.0. The lowest BCUT2D eigenvalue weighted by atomic mass is 9.84. The predicted octanol–water partition coefficient (Wildman–Crippen LogP) is 6.53. The molecule has 7 aliphatic heterocycles. The van der Waals surface area contributed by atoms with E-state index in [1.807, 2.05) is 45.2 Å². The molecule has 3 aromatic rings. The van der Waals surface area contributed by atoms with Crippen LogP contribution in [0.1, 0.15) is 122 Å². The third kappa shape index (κ3) is 11.8. The predicted molar refractivity (Wildman–Crippen MR) is 312 cm³/mol. The number of halogens is 3. The second-order valence-electron chi connectivity index (χ2n) is 27.6. The van der Waals surface area contributed by atoms with Gasteiger partial charge < -0.3 is 38.8 Å². The van der Waals surface area contributed by atoms with Crippen LogP contribution < -0.4 is 20.5 Å². The first-order valence-electron chi connectivity index (χ1n) is 31.7. The lowest BCUT2D eigenvalue weighted by molar-refractivity contribution is -0.156. The lowest BCUT2D eigenvalue weighted by Crippen LogP contribution is -2.62. The summed E-state index contributed by atoms with van der Waals surface area (Å²) in [6, 6.07) is 6.35. The number of methoxy groups -OCH3 is 1. The zero-order chi connectivity index (χ0) is 58.4. The van der Waals surface area contributed by atoms with Crippen molar-refractivity contribution in [2.45, 2.75) is 172 Å². The maximum absolute atomic E-state index is 15.3. The second-order valence-corrected chi connectivity index (χ2v) is 27.6. The number of hydrogen-bond acceptors (Lipinski definition) is 14. The van der Waals surface area contributed by atoms with Gasteiger partial charge in [0.25, 0.3) is 5.91 Å². The van der Waals surface area contributed by atoms with Crippen molar-refractivity contribution in [1.82, 2.24) is 44.9 Å². The van der Waals surface area contributed by atoms with Crippen LogP contribution in [0, 0.1) is 22.7 Å². The van der Waals surface area contributed by atoms with Crippen molar-refractivity contribution >= 4 is 46.0 Å². The van der Waals surface area contributed by atoms with Crippen molar-refractivity contribution < 1.29 is 46.6 Å². The van der Waals surface area contributed by atoms with Crippen LogP contribution in [0.3, 0.4) is 0 Å². The summed E-state index contributed by atoms with van der Waals surface area (Å²) in [7, 11) is 3.66. The van der Waals surface area contributed by atoms with E-state index in [4.69, 9.17) is 19.2 Å². The number of ether oxygens (including phenoxy) is 3. The molecule has 1 aromatic carbocycles. The molecular formula is C63H88F3N11O7. The van der Waals surface area contributed by atoms with E-state index in [0.717, 1.165) is 89.2 Å². The highest BCUT2D eigenvalue weighted by Gasteiger charge is 2.59. The Hall–Kier alpha value is -5.06. The van der Waals surface area contributed by atoms with Crippen LogP contribution in [0.5, 0.6) is 0 Å². The van der Waals surface area contributed by atoms with E-state index in [2.05, 4.69) is 47.2 Å². The molecule has 3 amide bonds. The first kappa shape index (κ1) is 58.0. The molecular weight excluding hydrogens is 1080 g/mol. The molecule has 9 heterocycles. The summed E-state index contributed by atoms with van der Waals surface area (Å²) >= 11 is 0. The van der Waals surface area contributed by atoms with E-state index in [1.165, 1.54) is 35.3 Å². The second kappa shape index (κ2) is 22.9. The molecule has 0 radical (unpaired) electrons. The van der Waals surface area contributed by atoms with Crippen molar-refractivity contribution in [3.05, 3.63) is 41.7 Å². The summed E-state index contributed by atoms with van der Waals surface area (Å²) in [6.07, 6.45) is 8.04. The SMILES string of the molecule is COC(C)c1ncc(N2CCN(C3CC3)CC2)cc1-c1c2c3cc(ccc3n1CC(F)(F)F)N1CCOC(CC(NC(=O)C(C3CCCC3)N3CCC4(CCN(C(=O)C5C(C6CC6)N5C)C4)C3)C(=O)N3CCCC(N3)C(=O)OCC(C)(C)C2)C1. The van der Waals surface area contributed by atoms with Gasteiger partial charge in [-0.3, -0.25) is 43.9 Å². The van der Waals surface area contributed by atoms with Crippen molar-refractivity contribution in [3.63, 3.8) is 0 Å². The topological polar surface area (TPSA) is 160 Å². The standard InChI is InChI=1S/C63H88F3N11O7/c1-39(82-5)52-47(30-44(33-67-52)72-25-23-71(24-26-72)42-14-15-42)55-48-32-61(2,3)38-84-60(81)49-11-8-20-77(69-49)58(79)50(31-45-34-73(27-28-83-45)43-16-17-51(46(48)29-43)76(55)37-63(64,65)66)68-57(78)54(40-9-6-7-10-40)74-21-18-62(35-74)19-22-75(36-62)59(80)56-53(70(56)4)41-12-13-41/h16-17,29-30,33,39-42,45,49-50,53-54,56,69H,6-15,18-28,31-32,34-38H2,1-5H3,(H,68,78). The highest BCUT2D eigenvalue weighted by molar-refractivity contribution is 5.95. The monoisotopic (exact) mass is 1170 g/mol. The number of aromatic nitrogens is 2. The number of alkyl halides is 3. The van der Waals surface area contributed by atoms with Crippen molar-refractivity contribution in [2.75, 3.05) is 109 Å². The quantitative estimate of drug-likeness (QED) is 0.149. The number of fused-ring (bicyclic) bond motifs is 6. The number of hydrogen-bond donors (Lipinski definition) is 2. The van der Waals surface area contributed by atoms with Gasteiger partial charge in [-0.25, -0.2) is 5.43 Å². The summed E-state index contributed by atoms with van der Waals surface area (Å²) in [6.45, 7) is 12.2. The minimum atomic E-state index is -4.59. The molecule has 3 aliphatic carbocycles. The van der Waals surface area contributed by atoms with Gasteiger partial charge in [0.1, 0.15) is 24.7 Å². The van der Waals surface area contributed by atoms with Gasteiger partial charge in [-0.1, -0.05) is 26.7 Å². The number of pyridine rings is 1. The number of nitrogens with zero attached hydrogens (tertiary/aromatic N) is 9. The number of hydrazine groups is 1. The molecule has 21 heteroatoms. The van der Waals surface area contributed by atoms with Crippen LogP contribution in [-0.2, 0) is 46.4 Å². The molecule has 18 nitrogen and oxygen atoms in total. The Morgan fingerprint density at radius 2 is 1.68 bits per heavy atom. The number of piperazine rings is 1. The van der Waals surface area contributed by atoms with Gasteiger partial charge in [0.15, 0.2) is 0 Å². The van der Waals surface area contributed by atoms with Gasteiger partial charge in [-0.05, 0) is 133 Å². The number of carbonyl (C=O) groups excluding carboxylic acids is 4. The fourth-order valence-electron chi connectivity index (χ4n) is 16.0. The number of likely N-dealkylation sites (N-methyl/N-ethyl adjacent to an activating group) is 1. The Morgan fingerprint density at radius 1 is 0.905 bits per heavy atom. The third-order valence-electron chi connectivity index (χ3n) is 21.0. The number of anilines is 2. The number of nitrogens with one attached hydrogen (secondary N) is 2. The Balaban J connectivity index is 0.824. The average molecular weight is 1170 g/mol. The van der Waals surface area contributed by atoms with Crippen LogP contribution in [0.25, 0.3) is 22.2 Å². The van der Waals surface area contributed by atoms with E-state index in [1.54, 1.807) is 13.2 Å². The Labute approximate surface area is 492 Å². The van der Waals surface area contributed by atoms with Crippen molar-refractivity contribution in [1.29, 1.82) is 0 Å². The molecule has 84 heavy (non-hydrogen) atoms. The molecule has 9 atom stereocenters. The van der Waals surface area contributed by atoms with E-state index >= 15 is 22.8 Å². The minimum Gasteiger partial charge on any atom is -0.464 e. The first-order valence-corrected chi connectivity index (χ1v) is 31.7. The van der Waals surface area contributed by atoms with Gasteiger partial charge in [0.05, 0.1) is 54.7 Å². The first-order chi connectivity index (χ1) is 40.3. The molecule has 2 aromatic heterocycles. The molecule has 1 spiro atoms. The summed E-state index contributed by atoms with van der Waals surface area (Å²) in [4.78, 5) is 77.5. The van der Waals surface area contributed by atoms with Gasteiger partial charge >= 0.3 is 12.1 Å². The van der Waals surface area contributed by atoms with Gasteiger partial charge in [0.2, 0.25) is 11.8 Å².